The van der Waals surface area contributed by atoms with Gasteiger partial charge in [0.2, 0.25) is 0 Å². The number of nitrogens with zero attached hydrogens (tertiary/aromatic N) is 3. The highest BCUT2D eigenvalue weighted by Gasteiger charge is 2.10. The summed E-state index contributed by atoms with van der Waals surface area (Å²) in [5, 5.41) is 9.87. The maximum absolute atomic E-state index is 13.0. The first-order chi connectivity index (χ1) is 14.8. The van der Waals surface area contributed by atoms with Gasteiger partial charge in [-0.3, -0.25) is 4.79 Å². The topological polar surface area (TPSA) is 63.0 Å². The number of rotatable bonds is 2. The fourth-order valence-electron chi connectivity index (χ4n) is 4.09. The van der Waals surface area contributed by atoms with Crippen LogP contribution in [0.25, 0.3) is 43.5 Å². The fourth-order valence-corrected chi connectivity index (χ4v) is 4.09. The van der Waals surface area contributed by atoms with Gasteiger partial charge >= 0.3 is 0 Å². The molecule has 142 valence electrons. The van der Waals surface area contributed by atoms with Crippen LogP contribution in [0, 0.1) is 0 Å². The molecule has 0 aliphatic rings. The van der Waals surface area contributed by atoms with Gasteiger partial charge in [-0.1, -0.05) is 66.7 Å². The van der Waals surface area contributed by atoms with Crippen molar-refractivity contribution in [3.8, 4) is 0 Å². The average Bonchev–Trinajstić information content (AvgIpc) is 3.17. The van der Waals surface area contributed by atoms with E-state index in [-0.39, 0.29) is 5.56 Å². The number of aromatic amines is 1. The largest absolute Gasteiger partial charge is 0.349 e. The molecule has 6 aromatic rings. The third kappa shape index (κ3) is 2.46. The molecule has 5 nitrogen and oxygen atoms in total. The van der Waals surface area contributed by atoms with E-state index >= 15 is 0 Å². The molecule has 2 aromatic heterocycles. The molecular weight excluding hydrogens is 372 g/mol. The minimum Gasteiger partial charge on any atom is -0.349 e. The Hall–Kier alpha value is -4.25. The molecule has 4 aromatic carbocycles. The molecule has 0 aliphatic heterocycles. The van der Waals surface area contributed by atoms with Crippen molar-refractivity contribution in [1.82, 2.24) is 14.6 Å². The molecular formula is C25H16N4O. The molecule has 0 spiro atoms. The Morgan fingerprint density at radius 3 is 2.20 bits per heavy atom. The van der Waals surface area contributed by atoms with Crippen LogP contribution in [0.15, 0.2) is 95.1 Å². The van der Waals surface area contributed by atoms with Gasteiger partial charge in [0.25, 0.3) is 5.56 Å². The standard InChI is InChI=1S/C25H16N4O/c30-25-24-23(20-11-5-6-12-22(20)28-24)26-15-29(25)27-14-21-18-9-3-1-7-16(18)13-17-8-2-4-10-19(17)21/h1-15,28H/b27-14+. The molecule has 0 unspecified atom stereocenters. The van der Waals surface area contributed by atoms with Gasteiger partial charge in [0, 0.05) is 16.5 Å². The van der Waals surface area contributed by atoms with E-state index < -0.39 is 0 Å². The Balaban J connectivity index is 1.57. The molecule has 0 radical (unpaired) electrons. The molecule has 0 amide bonds. The predicted molar refractivity (Wildman–Crippen MR) is 122 cm³/mol. The highest BCUT2D eigenvalue weighted by atomic mass is 16.1. The minimum absolute atomic E-state index is 0.225. The Bertz CT molecular complexity index is 1620. The van der Waals surface area contributed by atoms with Gasteiger partial charge in [-0.05, 0) is 33.7 Å². The van der Waals surface area contributed by atoms with Crippen molar-refractivity contribution in [2.75, 3.05) is 0 Å². The lowest BCUT2D eigenvalue weighted by atomic mass is 9.97. The van der Waals surface area contributed by atoms with E-state index in [2.05, 4.69) is 45.4 Å². The van der Waals surface area contributed by atoms with Gasteiger partial charge < -0.3 is 4.98 Å². The van der Waals surface area contributed by atoms with E-state index in [9.17, 15) is 4.79 Å². The maximum atomic E-state index is 13.0. The van der Waals surface area contributed by atoms with E-state index in [1.54, 1.807) is 6.21 Å². The van der Waals surface area contributed by atoms with Gasteiger partial charge in [-0.25, -0.2) is 4.98 Å². The van der Waals surface area contributed by atoms with Crippen molar-refractivity contribution in [3.05, 3.63) is 101 Å². The third-order valence-corrected chi connectivity index (χ3v) is 5.52. The van der Waals surface area contributed by atoms with Crippen molar-refractivity contribution >= 4 is 49.7 Å². The number of aromatic nitrogens is 3. The van der Waals surface area contributed by atoms with Gasteiger partial charge in [-0.2, -0.15) is 9.78 Å². The molecule has 6 rings (SSSR count). The molecule has 0 bridgehead atoms. The van der Waals surface area contributed by atoms with Crippen LogP contribution in [0.4, 0.5) is 0 Å². The molecule has 0 saturated heterocycles. The zero-order valence-electron chi connectivity index (χ0n) is 15.9. The molecule has 30 heavy (non-hydrogen) atoms. The number of hydrogen-bond acceptors (Lipinski definition) is 3. The monoisotopic (exact) mass is 388 g/mol. The van der Waals surface area contributed by atoms with Crippen molar-refractivity contribution in [2.24, 2.45) is 5.10 Å². The Morgan fingerprint density at radius 2 is 1.47 bits per heavy atom. The Labute approximate surface area is 170 Å². The van der Waals surface area contributed by atoms with E-state index in [1.807, 2.05) is 48.5 Å². The second kappa shape index (κ2) is 6.39. The molecule has 0 fully saturated rings. The highest BCUT2D eigenvalue weighted by molar-refractivity contribution is 6.13. The summed E-state index contributed by atoms with van der Waals surface area (Å²) >= 11 is 0. The first-order valence-corrected chi connectivity index (χ1v) is 9.72. The second-order valence-electron chi connectivity index (χ2n) is 7.27. The number of para-hydroxylation sites is 1. The zero-order chi connectivity index (χ0) is 20.1. The third-order valence-electron chi connectivity index (χ3n) is 5.52. The van der Waals surface area contributed by atoms with Crippen LogP contribution >= 0.6 is 0 Å². The molecule has 2 heterocycles. The van der Waals surface area contributed by atoms with E-state index in [4.69, 9.17) is 0 Å². The van der Waals surface area contributed by atoms with Gasteiger partial charge in [-0.15, -0.1) is 0 Å². The van der Waals surface area contributed by atoms with Crippen LogP contribution in [-0.4, -0.2) is 20.9 Å². The minimum atomic E-state index is -0.225. The van der Waals surface area contributed by atoms with Crippen LogP contribution in [0.1, 0.15) is 5.56 Å². The highest BCUT2D eigenvalue weighted by Crippen LogP contribution is 2.27. The smallest absolute Gasteiger partial charge is 0.298 e. The quantitative estimate of drug-likeness (QED) is 0.333. The maximum Gasteiger partial charge on any atom is 0.298 e. The summed E-state index contributed by atoms with van der Waals surface area (Å²) in [6.45, 7) is 0. The lowest BCUT2D eigenvalue weighted by Crippen LogP contribution is -2.17. The summed E-state index contributed by atoms with van der Waals surface area (Å²) < 4.78 is 1.29. The van der Waals surface area contributed by atoms with Crippen LogP contribution in [0.3, 0.4) is 0 Å². The molecule has 1 N–H and O–H groups in total. The first-order valence-electron chi connectivity index (χ1n) is 9.72. The van der Waals surface area contributed by atoms with Crippen LogP contribution < -0.4 is 5.56 Å². The van der Waals surface area contributed by atoms with Crippen molar-refractivity contribution in [3.63, 3.8) is 0 Å². The van der Waals surface area contributed by atoms with E-state index in [1.165, 1.54) is 11.0 Å². The van der Waals surface area contributed by atoms with E-state index in [0.29, 0.717) is 11.0 Å². The number of benzene rings is 4. The summed E-state index contributed by atoms with van der Waals surface area (Å²) in [7, 11) is 0. The van der Waals surface area contributed by atoms with Crippen molar-refractivity contribution < 1.29 is 0 Å². The molecule has 5 heteroatoms. The molecule has 0 atom stereocenters. The van der Waals surface area contributed by atoms with Gasteiger partial charge in [0.05, 0.1) is 6.21 Å². The van der Waals surface area contributed by atoms with Gasteiger partial charge in [0.1, 0.15) is 17.4 Å². The van der Waals surface area contributed by atoms with E-state index in [0.717, 1.165) is 38.0 Å². The summed E-state index contributed by atoms with van der Waals surface area (Å²) in [6.07, 6.45) is 3.23. The molecule has 0 saturated carbocycles. The fraction of sp³-hybridized carbons (Fsp3) is 0. The summed E-state index contributed by atoms with van der Waals surface area (Å²) in [5.74, 6) is 0. The van der Waals surface area contributed by atoms with Crippen LogP contribution in [-0.2, 0) is 0 Å². The Kier molecular flexibility index (Phi) is 3.55. The predicted octanol–water partition coefficient (Wildman–Crippen LogP) is 5.07. The summed E-state index contributed by atoms with van der Waals surface area (Å²) in [5.41, 5.74) is 2.76. The summed E-state index contributed by atoms with van der Waals surface area (Å²) in [4.78, 5) is 20.7. The number of fused-ring (bicyclic) bond motifs is 5. The lowest BCUT2D eigenvalue weighted by molar-refractivity contribution is 0.816. The van der Waals surface area contributed by atoms with Crippen LogP contribution in [0.2, 0.25) is 0 Å². The van der Waals surface area contributed by atoms with Crippen molar-refractivity contribution in [1.29, 1.82) is 0 Å². The average molecular weight is 388 g/mol. The number of H-pyrrole nitrogens is 1. The lowest BCUT2D eigenvalue weighted by Gasteiger charge is -2.08. The Morgan fingerprint density at radius 1 is 0.833 bits per heavy atom. The molecule has 0 aliphatic carbocycles. The number of hydrogen-bond donors (Lipinski definition) is 1. The summed E-state index contributed by atoms with van der Waals surface area (Å²) in [6, 6.07) is 26.3. The SMILES string of the molecule is O=c1c2[nH]c3ccccc3c2ncn1/N=C/c1c2ccccc2cc2ccccc12. The second-order valence-corrected chi connectivity index (χ2v) is 7.27. The zero-order valence-corrected chi connectivity index (χ0v) is 15.9. The number of nitrogens with one attached hydrogen (secondary N) is 1. The normalized spacial score (nSPS) is 12.0. The first kappa shape index (κ1) is 16.7. The van der Waals surface area contributed by atoms with Crippen molar-refractivity contribution in [2.45, 2.75) is 0 Å². The van der Waals surface area contributed by atoms with Gasteiger partial charge in [0.15, 0.2) is 0 Å². The van der Waals surface area contributed by atoms with Crippen LogP contribution in [0.5, 0.6) is 0 Å².